The van der Waals surface area contributed by atoms with E-state index in [0.29, 0.717) is 11.4 Å². The van der Waals surface area contributed by atoms with Gasteiger partial charge in [0, 0.05) is 19.1 Å². The summed E-state index contributed by atoms with van der Waals surface area (Å²) in [6.07, 6.45) is 5.84. The predicted molar refractivity (Wildman–Crippen MR) is 95.4 cm³/mol. The van der Waals surface area contributed by atoms with E-state index < -0.39 is 0 Å². The Balaban J connectivity index is 1.52. The molecule has 1 fully saturated rings. The second-order valence-electron chi connectivity index (χ2n) is 6.05. The number of aromatic nitrogens is 4. The average molecular weight is 346 g/mol. The third-order valence-electron chi connectivity index (χ3n) is 3.89. The molecule has 1 aliphatic heterocycles. The maximum Gasteiger partial charge on any atom is 0.234 e. The van der Waals surface area contributed by atoms with Gasteiger partial charge in [-0.3, -0.25) is 4.79 Å². The second kappa shape index (κ2) is 7.65. The van der Waals surface area contributed by atoms with Crippen molar-refractivity contribution in [3.05, 3.63) is 24.7 Å². The van der Waals surface area contributed by atoms with Gasteiger partial charge in [0.2, 0.25) is 5.91 Å². The van der Waals surface area contributed by atoms with Crippen LogP contribution in [0.25, 0.3) is 0 Å². The van der Waals surface area contributed by atoms with Crippen molar-refractivity contribution in [2.45, 2.75) is 37.9 Å². The lowest BCUT2D eigenvalue weighted by atomic mass is 10.4. The van der Waals surface area contributed by atoms with Crippen molar-refractivity contribution in [2.24, 2.45) is 0 Å². The van der Waals surface area contributed by atoms with Crippen molar-refractivity contribution in [1.29, 1.82) is 0 Å². The highest BCUT2D eigenvalue weighted by Crippen LogP contribution is 2.21. The summed E-state index contributed by atoms with van der Waals surface area (Å²) in [5.74, 6) is 1.19. The van der Waals surface area contributed by atoms with E-state index in [1.807, 2.05) is 16.7 Å². The lowest BCUT2D eigenvalue weighted by Gasteiger charge is -2.16. The Morgan fingerprint density at radius 2 is 2.12 bits per heavy atom. The van der Waals surface area contributed by atoms with Gasteiger partial charge in [0.1, 0.15) is 12.1 Å². The number of rotatable bonds is 6. The molecular weight excluding hydrogens is 324 g/mol. The summed E-state index contributed by atoms with van der Waals surface area (Å²) >= 11 is 1.38. The smallest absolute Gasteiger partial charge is 0.234 e. The first kappa shape index (κ1) is 16.8. The number of carbonyl (C=O) groups excluding carboxylic acids is 1. The van der Waals surface area contributed by atoms with Crippen LogP contribution in [0.4, 0.5) is 11.5 Å². The normalized spacial score (nSPS) is 14.4. The molecule has 8 heteroatoms. The van der Waals surface area contributed by atoms with Crippen molar-refractivity contribution < 1.29 is 4.79 Å². The predicted octanol–water partition coefficient (Wildman–Crippen LogP) is 2.59. The van der Waals surface area contributed by atoms with Crippen LogP contribution in [0.15, 0.2) is 29.8 Å². The molecule has 0 atom stereocenters. The van der Waals surface area contributed by atoms with Crippen molar-refractivity contribution >= 4 is 29.2 Å². The van der Waals surface area contributed by atoms with E-state index in [2.05, 4.69) is 39.2 Å². The maximum atomic E-state index is 12.1. The van der Waals surface area contributed by atoms with E-state index in [9.17, 15) is 4.79 Å². The fourth-order valence-electron chi connectivity index (χ4n) is 2.61. The number of pyridine rings is 1. The number of amides is 1. The molecule has 0 bridgehead atoms. The Morgan fingerprint density at radius 3 is 2.79 bits per heavy atom. The van der Waals surface area contributed by atoms with Gasteiger partial charge in [-0.2, -0.15) is 0 Å². The molecule has 2 aromatic heterocycles. The third-order valence-corrected chi connectivity index (χ3v) is 4.85. The molecule has 3 heterocycles. The molecule has 7 nitrogen and oxygen atoms in total. The largest absolute Gasteiger partial charge is 0.357 e. The van der Waals surface area contributed by atoms with Gasteiger partial charge in [-0.1, -0.05) is 11.8 Å². The van der Waals surface area contributed by atoms with Gasteiger partial charge in [-0.15, -0.1) is 10.2 Å². The zero-order chi connectivity index (χ0) is 16.9. The number of hydrogen-bond donors (Lipinski definition) is 1. The molecule has 1 amide bonds. The van der Waals surface area contributed by atoms with Crippen molar-refractivity contribution in [1.82, 2.24) is 19.7 Å². The van der Waals surface area contributed by atoms with Gasteiger partial charge in [0.15, 0.2) is 5.16 Å². The van der Waals surface area contributed by atoms with Gasteiger partial charge < -0.3 is 14.8 Å². The minimum atomic E-state index is -0.0750. The first-order valence-electron chi connectivity index (χ1n) is 8.16. The summed E-state index contributed by atoms with van der Waals surface area (Å²) in [7, 11) is 0. The van der Waals surface area contributed by atoms with Gasteiger partial charge in [-0.25, -0.2) is 4.98 Å². The van der Waals surface area contributed by atoms with Crippen LogP contribution in [0.5, 0.6) is 0 Å². The van der Waals surface area contributed by atoms with E-state index in [4.69, 9.17) is 0 Å². The number of carbonyl (C=O) groups is 1. The molecule has 3 rings (SSSR count). The molecule has 128 valence electrons. The fraction of sp³-hybridized carbons (Fsp3) is 0.500. The minimum absolute atomic E-state index is 0.0750. The Kier molecular flexibility index (Phi) is 5.34. The highest BCUT2D eigenvalue weighted by atomic mass is 32.2. The molecule has 1 saturated heterocycles. The van der Waals surface area contributed by atoms with Gasteiger partial charge in [0.25, 0.3) is 0 Å². The standard InChI is InChI=1S/C16H22N6OS/c1-12(2)22-11-18-20-16(22)24-10-15(23)19-13-5-6-14(17-9-13)21-7-3-4-8-21/h5-6,9,11-12H,3-4,7-8,10H2,1-2H3,(H,19,23). The van der Waals surface area contributed by atoms with Crippen LogP contribution in [0.1, 0.15) is 32.7 Å². The number of nitrogens with one attached hydrogen (secondary N) is 1. The van der Waals surface area contributed by atoms with E-state index in [1.54, 1.807) is 12.5 Å². The molecular formula is C16H22N6OS. The monoisotopic (exact) mass is 346 g/mol. The zero-order valence-corrected chi connectivity index (χ0v) is 14.8. The average Bonchev–Trinajstić information content (AvgIpc) is 3.25. The SMILES string of the molecule is CC(C)n1cnnc1SCC(=O)Nc1ccc(N2CCCC2)nc1. The van der Waals surface area contributed by atoms with Crippen LogP contribution < -0.4 is 10.2 Å². The van der Waals surface area contributed by atoms with Crippen molar-refractivity contribution in [3.63, 3.8) is 0 Å². The van der Waals surface area contributed by atoms with Crippen LogP contribution in [0.2, 0.25) is 0 Å². The van der Waals surface area contributed by atoms with Gasteiger partial charge in [-0.05, 0) is 38.8 Å². The zero-order valence-electron chi connectivity index (χ0n) is 14.0. The van der Waals surface area contributed by atoms with Gasteiger partial charge >= 0.3 is 0 Å². The molecule has 0 aliphatic carbocycles. The molecule has 0 radical (unpaired) electrons. The maximum absolute atomic E-state index is 12.1. The molecule has 0 spiro atoms. The van der Waals surface area contributed by atoms with E-state index in [0.717, 1.165) is 24.1 Å². The third kappa shape index (κ3) is 4.05. The molecule has 1 N–H and O–H groups in total. The minimum Gasteiger partial charge on any atom is -0.357 e. The summed E-state index contributed by atoms with van der Waals surface area (Å²) in [5, 5.41) is 11.6. The first-order valence-corrected chi connectivity index (χ1v) is 9.15. The number of nitrogens with zero attached hydrogens (tertiary/aromatic N) is 5. The molecule has 1 aliphatic rings. The summed E-state index contributed by atoms with van der Waals surface area (Å²) in [6, 6.07) is 4.14. The molecule has 2 aromatic rings. The van der Waals surface area contributed by atoms with Crippen molar-refractivity contribution in [3.8, 4) is 0 Å². The Labute approximate surface area is 145 Å². The van der Waals surface area contributed by atoms with Gasteiger partial charge in [0.05, 0.1) is 17.6 Å². The topological polar surface area (TPSA) is 75.9 Å². The summed E-state index contributed by atoms with van der Waals surface area (Å²) in [6.45, 7) is 6.24. The Morgan fingerprint density at radius 1 is 1.33 bits per heavy atom. The van der Waals surface area contributed by atoms with Crippen LogP contribution in [0, 0.1) is 0 Å². The second-order valence-corrected chi connectivity index (χ2v) is 6.99. The summed E-state index contributed by atoms with van der Waals surface area (Å²) in [4.78, 5) is 18.8. The number of anilines is 2. The number of thioether (sulfide) groups is 1. The summed E-state index contributed by atoms with van der Waals surface area (Å²) < 4.78 is 1.95. The van der Waals surface area contributed by atoms with E-state index in [1.165, 1.54) is 24.6 Å². The van der Waals surface area contributed by atoms with E-state index >= 15 is 0 Å². The highest BCUT2D eigenvalue weighted by molar-refractivity contribution is 7.99. The quantitative estimate of drug-likeness (QED) is 0.810. The van der Waals surface area contributed by atoms with Crippen molar-refractivity contribution in [2.75, 3.05) is 29.1 Å². The van der Waals surface area contributed by atoms with E-state index in [-0.39, 0.29) is 11.9 Å². The lowest BCUT2D eigenvalue weighted by molar-refractivity contribution is -0.113. The van der Waals surface area contributed by atoms with Crippen LogP contribution in [-0.4, -0.2) is 44.5 Å². The Hall–Kier alpha value is -2.09. The van der Waals surface area contributed by atoms with Crippen LogP contribution in [-0.2, 0) is 4.79 Å². The lowest BCUT2D eigenvalue weighted by Crippen LogP contribution is -2.19. The number of hydrogen-bond acceptors (Lipinski definition) is 6. The highest BCUT2D eigenvalue weighted by Gasteiger charge is 2.14. The molecule has 0 aromatic carbocycles. The van der Waals surface area contributed by atoms with Crippen LogP contribution >= 0.6 is 11.8 Å². The van der Waals surface area contributed by atoms with Crippen LogP contribution in [0.3, 0.4) is 0 Å². The molecule has 24 heavy (non-hydrogen) atoms. The summed E-state index contributed by atoms with van der Waals surface area (Å²) in [5.41, 5.74) is 0.717. The first-order chi connectivity index (χ1) is 11.6. The fourth-order valence-corrected chi connectivity index (χ4v) is 3.45. The molecule has 0 saturated carbocycles. The Bertz CT molecular complexity index is 678. The molecule has 0 unspecified atom stereocenters.